The Kier molecular flexibility index (Phi) is 6.84. The predicted octanol–water partition coefficient (Wildman–Crippen LogP) is 4.30. The molecule has 0 bridgehead atoms. The number of anilines is 1. The van der Waals surface area contributed by atoms with Gasteiger partial charge >= 0.3 is 5.97 Å². The van der Waals surface area contributed by atoms with Gasteiger partial charge in [0.15, 0.2) is 5.13 Å². The zero-order valence-corrected chi connectivity index (χ0v) is 18.9. The molecular weight excluding hydrogens is 398 g/mol. The molecule has 0 aliphatic rings. The van der Waals surface area contributed by atoms with Crippen molar-refractivity contribution in [1.29, 1.82) is 0 Å². The van der Waals surface area contributed by atoms with Crippen LogP contribution in [-0.2, 0) is 4.74 Å². The monoisotopic (exact) mass is 425 g/mol. The fourth-order valence-electron chi connectivity index (χ4n) is 3.13. The van der Waals surface area contributed by atoms with Crippen molar-refractivity contribution in [2.75, 3.05) is 39.2 Å². The van der Waals surface area contributed by atoms with E-state index in [1.54, 1.807) is 29.2 Å². The Morgan fingerprint density at radius 3 is 2.27 bits per heavy atom. The molecule has 7 heteroatoms. The van der Waals surface area contributed by atoms with Crippen molar-refractivity contribution < 1.29 is 14.3 Å². The van der Waals surface area contributed by atoms with Gasteiger partial charge in [-0.25, -0.2) is 9.78 Å². The molecule has 0 unspecified atom stereocenters. The number of esters is 1. The third kappa shape index (κ3) is 4.86. The lowest BCUT2D eigenvalue weighted by Gasteiger charge is -2.21. The number of rotatable bonds is 7. The highest BCUT2D eigenvalue weighted by molar-refractivity contribution is 7.22. The average Bonchev–Trinajstić information content (AvgIpc) is 3.12. The van der Waals surface area contributed by atoms with E-state index >= 15 is 0 Å². The Balaban J connectivity index is 1.93. The largest absolute Gasteiger partial charge is 0.465 e. The van der Waals surface area contributed by atoms with Crippen molar-refractivity contribution >= 4 is 38.6 Å². The summed E-state index contributed by atoms with van der Waals surface area (Å²) in [7, 11) is 5.37. The number of aryl methyl sites for hydroxylation is 2. The molecule has 0 radical (unpaired) electrons. The second kappa shape index (κ2) is 9.36. The number of benzene rings is 2. The molecule has 0 N–H and O–H groups in total. The van der Waals surface area contributed by atoms with Crippen LogP contribution in [0.25, 0.3) is 10.2 Å². The number of nitrogens with zero attached hydrogens (tertiary/aromatic N) is 3. The zero-order chi connectivity index (χ0) is 21.8. The molecule has 158 valence electrons. The summed E-state index contributed by atoms with van der Waals surface area (Å²) in [4.78, 5) is 33.6. The molecule has 0 spiro atoms. The maximum atomic E-state index is 13.3. The number of ether oxygens (including phenoxy) is 1. The molecule has 6 nitrogen and oxygen atoms in total. The smallest absolute Gasteiger partial charge is 0.337 e. The first kappa shape index (κ1) is 21.9. The van der Waals surface area contributed by atoms with Crippen molar-refractivity contribution in [1.82, 2.24) is 9.88 Å². The molecule has 30 heavy (non-hydrogen) atoms. The predicted molar refractivity (Wildman–Crippen MR) is 122 cm³/mol. The van der Waals surface area contributed by atoms with E-state index in [0.717, 1.165) is 23.2 Å². The van der Waals surface area contributed by atoms with Gasteiger partial charge in [0.1, 0.15) is 0 Å². The van der Waals surface area contributed by atoms with Crippen LogP contribution in [0, 0.1) is 13.8 Å². The highest BCUT2D eigenvalue weighted by Gasteiger charge is 2.22. The summed E-state index contributed by atoms with van der Waals surface area (Å²) in [6, 6.07) is 10.7. The number of carbonyl (C=O) groups is 2. The van der Waals surface area contributed by atoms with E-state index in [-0.39, 0.29) is 5.91 Å². The van der Waals surface area contributed by atoms with Crippen LogP contribution < -0.4 is 4.90 Å². The number of hydrogen-bond acceptors (Lipinski definition) is 6. The van der Waals surface area contributed by atoms with E-state index in [0.29, 0.717) is 22.8 Å². The summed E-state index contributed by atoms with van der Waals surface area (Å²) in [6.45, 7) is 5.58. The van der Waals surface area contributed by atoms with Gasteiger partial charge in [-0.3, -0.25) is 9.69 Å². The van der Waals surface area contributed by atoms with Gasteiger partial charge in [0.25, 0.3) is 5.91 Å². The summed E-state index contributed by atoms with van der Waals surface area (Å²) in [6.07, 6.45) is 0.826. The number of hydrogen-bond donors (Lipinski definition) is 0. The zero-order valence-electron chi connectivity index (χ0n) is 18.1. The number of thiazole rings is 1. The minimum absolute atomic E-state index is 0.127. The molecule has 1 heterocycles. The van der Waals surface area contributed by atoms with Crippen LogP contribution in [0.2, 0.25) is 0 Å². The van der Waals surface area contributed by atoms with Crippen LogP contribution >= 0.6 is 11.3 Å². The number of methoxy groups -OCH3 is 1. The van der Waals surface area contributed by atoms with Gasteiger partial charge in [0.2, 0.25) is 0 Å². The third-order valence-corrected chi connectivity index (χ3v) is 6.05. The Bertz CT molecular complexity index is 1020. The molecule has 1 amide bonds. The minimum atomic E-state index is -0.422. The van der Waals surface area contributed by atoms with Gasteiger partial charge in [-0.1, -0.05) is 11.3 Å². The fraction of sp³-hybridized carbons (Fsp3) is 0.348. The minimum Gasteiger partial charge on any atom is -0.465 e. The van der Waals surface area contributed by atoms with E-state index in [2.05, 4.69) is 30.9 Å². The first-order chi connectivity index (χ1) is 14.3. The molecule has 0 saturated carbocycles. The van der Waals surface area contributed by atoms with E-state index in [1.165, 1.54) is 29.6 Å². The lowest BCUT2D eigenvalue weighted by atomic mass is 10.1. The summed E-state index contributed by atoms with van der Waals surface area (Å²) in [5.41, 5.74) is 4.23. The average molecular weight is 426 g/mol. The molecule has 1 aromatic heterocycles. The molecular formula is C23H27N3O3S. The standard InChI is InChI=1S/C23H27N3O3S/c1-15-13-19-20(14-16(15)2)30-23(24-19)26(12-6-11-25(3)4)21(27)17-7-9-18(10-8-17)22(28)29-5/h7-10,13-14H,6,11-12H2,1-5H3. The SMILES string of the molecule is COC(=O)c1ccc(C(=O)N(CCCN(C)C)c2nc3cc(C)c(C)cc3s2)cc1. The molecule has 3 rings (SSSR count). The third-order valence-electron chi connectivity index (χ3n) is 5.01. The molecule has 0 aliphatic carbocycles. The molecule has 0 aliphatic heterocycles. The van der Waals surface area contributed by atoms with Gasteiger partial charge in [0.05, 0.1) is 22.9 Å². The second-order valence-electron chi connectivity index (χ2n) is 7.58. The maximum absolute atomic E-state index is 13.3. The van der Waals surface area contributed by atoms with Crippen LogP contribution in [0.15, 0.2) is 36.4 Å². The summed E-state index contributed by atoms with van der Waals surface area (Å²) in [5.74, 6) is -0.550. The molecule has 2 aromatic carbocycles. The van der Waals surface area contributed by atoms with Gasteiger partial charge in [-0.15, -0.1) is 0 Å². The highest BCUT2D eigenvalue weighted by atomic mass is 32.1. The van der Waals surface area contributed by atoms with Crippen LogP contribution in [0.3, 0.4) is 0 Å². The van der Waals surface area contributed by atoms with Crippen molar-refractivity contribution in [2.24, 2.45) is 0 Å². The Labute approximate surface area is 181 Å². The number of carbonyl (C=O) groups excluding carboxylic acids is 2. The van der Waals surface area contributed by atoms with Gasteiger partial charge in [-0.2, -0.15) is 0 Å². The first-order valence-corrected chi connectivity index (χ1v) is 10.6. The Morgan fingerprint density at radius 2 is 1.63 bits per heavy atom. The van der Waals surface area contributed by atoms with E-state index in [4.69, 9.17) is 9.72 Å². The van der Waals surface area contributed by atoms with Crippen molar-refractivity contribution in [2.45, 2.75) is 20.3 Å². The van der Waals surface area contributed by atoms with Crippen LogP contribution in [-0.4, -0.2) is 56.1 Å². The summed E-state index contributed by atoms with van der Waals surface area (Å²) < 4.78 is 5.80. The second-order valence-corrected chi connectivity index (χ2v) is 8.59. The van der Waals surface area contributed by atoms with Gasteiger partial charge < -0.3 is 9.64 Å². The number of fused-ring (bicyclic) bond motifs is 1. The van der Waals surface area contributed by atoms with Crippen molar-refractivity contribution in [3.8, 4) is 0 Å². The van der Waals surface area contributed by atoms with Gasteiger partial charge in [0, 0.05) is 12.1 Å². The van der Waals surface area contributed by atoms with E-state index in [9.17, 15) is 9.59 Å². The molecule has 3 aromatic rings. The molecule has 0 fully saturated rings. The Morgan fingerprint density at radius 1 is 1.00 bits per heavy atom. The van der Waals surface area contributed by atoms with Crippen molar-refractivity contribution in [3.05, 3.63) is 58.7 Å². The summed E-state index contributed by atoms with van der Waals surface area (Å²) in [5, 5.41) is 0.691. The maximum Gasteiger partial charge on any atom is 0.337 e. The lowest BCUT2D eigenvalue weighted by molar-refractivity contribution is 0.0600. The van der Waals surface area contributed by atoms with Crippen LogP contribution in [0.1, 0.15) is 38.3 Å². The van der Waals surface area contributed by atoms with E-state index in [1.807, 2.05) is 14.1 Å². The number of aromatic nitrogens is 1. The van der Waals surface area contributed by atoms with Gasteiger partial charge in [-0.05, 0) is 88.4 Å². The Hall–Kier alpha value is -2.77. The number of amides is 1. The molecule has 0 atom stereocenters. The highest BCUT2D eigenvalue weighted by Crippen LogP contribution is 2.31. The normalized spacial score (nSPS) is 11.1. The van der Waals surface area contributed by atoms with Crippen LogP contribution in [0.4, 0.5) is 5.13 Å². The van der Waals surface area contributed by atoms with Crippen molar-refractivity contribution in [3.63, 3.8) is 0 Å². The fourth-order valence-corrected chi connectivity index (χ4v) is 4.20. The summed E-state index contributed by atoms with van der Waals surface area (Å²) >= 11 is 1.53. The quantitative estimate of drug-likeness (QED) is 0.528. The van der Waals surface area contributed by atoms with E-state index < -0.39 is 5.97 Å². The lowest BCUT2D eigenvalue weighted by Crippen LogP contribution is -2.33. The molecule has 0 saturated heterocycles. The first-order valence-electron chi connectivity index (χ1n) is 9.83. The topological polar surface area (TPSA) is 62.7 Å². The van der Waals surface area contributed by atoms with Crippen LogP contribution in [0.5, 0.6) is 0 Å².